The molecule has 1 atom stereocenters. The van der Waals surface area contributed by atoms with E-state index in [0.717, 1.165) is 32.1 Å². The molecule has 1 saturated carbocycles. The maximum absolute atomic E-state index is 11.8. The Morgan fingerprint density at radius 2 is 1.64 bits per heavy atom. The quantitative estimate of drug-likeness (QED) is 0.725. The summed E-state index contributed by atoms with van der Waals surface area (Å²) in [6, 6.07) is 20.6. The number of hydrogen-bond donors (Lipinski definition) is 2. The zero-order valence-electron chi connectivity index (χ0n) is 17.0. The molecule has 2 aromatic rings. The van der Waals surface area contributed by atoms with E-state index < -0.39 is 12.0 Å². The van der Waals surface area contributed by atoms with Crippen LogP contribution in [0.25, 0.3) is 0 Å². The highest BCUT2D eigenvalue weighted by atomic mass is 16.4. The van der Waals surface area contributed by atoms with Gasteiger partial charge in [0.2, 0.25) is 0 Å². The average Bonchev–Trinajstić information content (AvgIpc) is 2.72. The molecule has 0 spiro atoms. The summed E-state index contributed by atoms with van der Waals surface area (Å²) in [7, 11) is 4.31. The lowest BCUT2D eigenvalue weighted by Crippen LogP contribution is -2.50. The lowest BCUT2D eigenvalue weighted by molar-refractivity contribution is -0.140. The Morgan fingerprint density at radius 3 is 2.18 bits per heavy atom. The minimum absolute atomic E-state index is 0.0438. The topological polar surface area (TPSA) is 52.6 Å². The SMILES string of the molecule is CN(C)C1(c2ccccc2)CCC(NC(CCc2ccccc2)C(=O)O)CC1. The highest BCUT2D eigenvalue weighted by Crippen LogP contribution is 2.41. The maximum Gasteiger partial charge on any atom is 0.320 e. The number of aryl methyl sites for hydroxylation is 1. The highest BCUT2D eigenvalue weighted by Gasteiger charge is 2.39. The fourth-order valence-corrected chi connectivity index (χ4v) is 4.52. The van der Waals surface area contributed by atoms with Crippen LogP contribution in [0.4, 0.5) is 0 Å². The normalized spacial score (nSPS) is 23.5. The molecule has 0 amide bonds. The minimum atomic E-state index is -0.747. The third-order valence-electron chi connectivity index (χ3n) is 6.28. The van der Waals surface area contributed by atoms with Gasteiger partial charge in [-0.05, 0) is 63.7 Å². The lowest BCUT2D eigenvalue weighted by Gasteiger charge is -2.46. The van der Waals surface area contributed by atoms with E-state index in [1.807, 2.05) is 18.2 Å². The Hall–Kier alpha value is -2.17. The molecule has 150 valence electrons. The third kappa shape index (κ3) is 4.81. The summed E-state index contributed by atoms with van der Waals surface area (Å²) in [4.78, 5) is 14.1. The summed E-state index contributed by atoms with van der Waals surface area (Å²) in [5.74, 6) is -0.747. The monoisotopic (exact) mass is 380 g/mol. The molecular formula is C24H32N2O2. The van der Waals surface area contributed by atoms with Crippen molar-refractivity contribution < 1.29 is 9.90 Å². The van der Waals surface area contributed by atoms with Gasteiger partial charge in [0.25, 0.3) is 0 Å². The summed E-state index contributed by atoms with van der Waals surface area (Å²) >= 11 is 0. The van der Waals surface area contributed by atoms with Crippen LogP contribution in [0.1, 0.15) is 43.2 Å². The molecule has 3 rings (SSSR count). The van der Waals surface area contributed by atoms with Crippen LogP contribution < -0.4 is 5.32 Å². The van der Waals surface area contributed by atoms with Crippen LogP contribution >= 0.6 is 0 Å². The van der Waals surface area contributed by atoms with Crippen molar-refractivity contribution in [2.45, 2.75) is 56.1 Å². The van der Waals surface area contributed by atoms with Gasteiger partial charge in [-0.2, -0.15) is 0 Å². The molecule has 0 radical (unpaired) electrons. The van der Waals surface area contributed by atoms with Crippen LogP contribution in [0.15, 0.2) is 60.7 Å². The maximum atomic E-state index is 11.8. The fourth-order valence-electron chi connectivity index (χ4n) is 4.52. The Kier molecular flexibility index (Phi) is 6.87. The number of carboxylic acid groups (broad SMARTS) is 1. The van der Waals surface area contributed by atoms with Gasteiger partial charge in [-0.15, -0.1) is 0 Å². The van der Waals surface area contributed by atoms with Crippen molar-refractivity contribution in [3.8, 4) is 0 Å². The molecule has 2 aromatic carbocycles. The van der Waals surface area contributed by atoms with Gasteiger partial charge in [0.1, 0.15) is 6.04 Å². The van der Waals surface area contributed by atoms with Gasteiger partial charge in [-0.3, -0.25) is 9.69 Å². The van der Waals surface area contributed by atoms with E-state index >= 15 is 0 Å². The van der Waals surface area contributed by atoms with Crippen LogP contribution in [0.5, 0.6) is 0 Å². The lowest BCUT2D eigenvalue weighted by atomic mass is 9.74. The van der Waals surface area contributed by atoms with Gasteiger partial charge in [-0.25, -0.2) is 0 Å². The molecule has 2 N–H and O–H groups in total. The number of benzene rings is 2. The van der Waals surface area contributed by atoms with Crippen molar-refractivity contribution >= 4 is 5.97 Å². The first-order chi connectivity index (χ1) is 13.5. The molecule has 4 heteroatoms. The van der Waals surface area contributed by atoms with Crippen molar-refractivity contribution in [2.24, 2.45) is 0 Å². The number of aliphatic carboxylic acids is 1. The van der Waals surface area contributed by atoms with Crippen LogP contribution in [-0.2, 0) is 16.8 Å². The Balaban J connectivity index is 1.60. The number of rotatable bonds is 8. The van der Waals surface area contributed by atoms with E-state index in [0.29, 0.717) is 6.42 Å². The Labute approximate surface area is 168 Å². The molecular weight excluding hydrogens is 348 g/mol. The second-order valence-electron chi connectivity index (χ2n) is 8.15. The predicted octanol–water partition coefficient (Wildman–Crippen LogP) is 4.06. The molecule has 0 bridgehead atoms. The van der Waals surface area contributed by atoms with Crippen molar-refractivity contribution in [2.75, 3.05) is 14.1 Å². The Bertz CT molecular complexity index is 738. The van der Waals surface area contributed by atoms with Crippen LogP contribution in [-0.4, -0.2) is 42.2 Å². The molecule has 1 fully saturated rings. The number of carbonyl (C=O) groups is 1. The van der Waals surface area contributed by atoms with E-state index in [9.17, 15) is 9.90 Å². The summed E-state index contributed by atoms with van der Waals surface area (Å²) in [5, 5.41) is 13.1. The van der Waals surface area contributed by atoms with Gasteiger partial charge < -0.3 is 10.4 Å². The number of carboxylic acids is 1. The van der Waals surface area contributed by atoms with Gasteiger partial charge in [-0.1, -0.05) is 60.7 Å². The molecule has 0 aliphatic heterocycles. The molecule has 4 nitrogen and oxygen atoms in total. The van der Waals surface area contributed by atoms with E-state index in [2.05, 4.69) is 66.8 Å². The van der Waals surface area contributed by atoms with E-state index in [1.54, 1.807) is 0 Å². The molecule has 1 aliphatic rings. The van der Waals surface area contributed by atoms with Crippen molar-refractivity contribution in [3.05, 3.63) is 71.8 Å². The number of hydrogen-bond acceptors (Lipinski definition) is 3. The second kappa shape index (κ2) is 9.35. The second-order valence-corrected chi connectivity index (χ2v) is 8.15. The zero-order valence-corrected chi connectivity index (χ0v) is 17.0. The largest absolute Gasteiger partial charge is 0.480 e. The Morgan fingerprint density at radius 1 is 1.07 bits per heavy atom. The van der Waals surface area contributed by atoms with Crippen LogP contribution in [0.2, 0.25) is 0 Å². The highest BCUT2D eigenvalue weighted by molar-refractivity contribution is 5.73. The van der Waals surface area contributed by atoms with Crippen molar-refractivity contribution in [3.63, 3.8) is 0 Å². The van der Waals surface area contributed by atoms with Gasteiger partial charge in [0, 0.05) is 11.6 Å². The predicted molar refractivity (Wildman–Crippen MR) is 113 cm³/mol. The summed E-state index contributed by atoms with van der Waals surface area (Å²) in [5.41, 5.74) is 2.59. The van der Waals surface area contributed by atoms with E-state index in [-0.39, 0.29) is 11.6 Å². The number of nitrogens with one attached hydrogen (secondary N) is 1. The molecule has 28 heavy (non-hydrogen) atoms. The molecule has 1 aliphatic carbocycles. The minimum Gasteiger partial charge on any atom is -0.480 e. The fraction of sp³-hybridized carbons (Fsp3) is 0.458. The van der Waals surface area contributed by atoms with E-state index in [1.165, 1.54) is 11.1 Å². The zero-order chi connectivity index (χ0) is 20.0. The molecule has 0 aromatic heterocycles. The molecule has 0 saturated heterocycles. The first-order valence-corrected chi connectivity index (χ1v) is 10.3. The van der Waals surface area contributed by atoms with Crippen molar-refractivity contribution in [1.29, 1.82) is 0 Å². The smallest absolute Gasteiger partial charge is 0.320 e. The van der Waals surface area contributed by atoms with E-state index in [4.69, 9.17) is 0 Å². The number of nitrogens with zero attached hydrogens (tertiary/aromatic N) is 1. The standard InChI is InChI=1S/C24H32N2O2/c1-26(2)24(20-11-7-4-8-12-20)17-15-21(16-18-24)25-22(23(27)28)14-13-19-9-5-3-6-10-19/h3-12,21-22,25H,13-18H2,1-2H3,(H,27,28). The average molecular weight is 381 g/mol. The van der Waals surface area contributed by atoms with Gasteiger partial charge in [0.05, 0.1) is 0 Å². The summed E-state index contributed by atoms with van der Waals surface area (Å²) in [6.45, 7) is 0. The third-order valence-corrected chi connectivity index (χ3v) is 6.28. The first-order valence-electron chi connectivity index (χ1n) is 10.3. The van der Waals surface area contributed by atoms with Gasteiger partial charge in [0.15, 0.2) is 0 Å². The molecule has 0 heterocycles. The van der Waals surface area contributed by atoms with Crippen LogP contribution in [0, 0.1) is 0 Å². The van der Waals surface area contributed by atoms with Crippen molar-refractivity contribution in [1.82, 2.24) is 10.2 Å². The van der Waals surface area contributed by atoms with Crippen LogP contribution in [0.3, 0.4) is 0 Å². The first kappa shape index (κ1) is 20.6. The molecule has 1 unspecified atom stereocenters. The summed E-state index contributed by atoms with van der Waals surface area (Å²) < 4.78 is 0. The summed E-state index contributed by atoms with van der Waals surface area (Å²) in [6.07, 6.45) is 5.44. The van der Waals surface area contributed by atoms with Gasteiger partial charge >= 0.3 is 5.97 Å².